The van der Waals surface area contributed by atoms with Gasteiger partial charge in [0.25, 0.3) is 5.69 Å². The third kappa shape index (κ3) is 3.55. The average molecular weight is 308 g/mol. The molecule has 0 amide bonds. The van der Waals surface area contributed by atoms with Crippen LogP contribution in [0.1, 0.15) is 17.0 Å². The molecular formula is C17H16N4O2. The van der Waals surface area contributed by atoms with Gasteiger partial charge in [0.2, 0.25) is 0 Å². The van der Waals surface area contributed by atoms with Crippen LogP contribution in [0.15, 0.2) is 60.9 Å². The third-order valence-electron chi connectivity index (χ3n) is 3.62. The van der Waals surface area contributed by atoms with Crippen molar-refractivity contribution < 1.29 is 4.92 Å². The summed E-state index contributed by atoms with van der Waals surface area (Å²) in [6, 6.07) is 14.3. The zero-order valence-electron chi connectivity index (χ0n) is 12.4. The summed E-state index contributed by atoms with van der Waals surface area (Å²) < 4.78 is 2.05. The van der Waals surface area contributed by atoms with E-state index in [1.54, 1.807) is 18.3 Å². The largest absolute Gasteiger partial charge is 0.399 e. The van der Waals surface area contributed by atoms with E-state index < -0.39 is 4.92 Å². The molecule has 3 aromatic rings. The highest BCUT2D eigenvalue weighted by Crippen LogP contribution is 2.16. The predicted octanol–water partition coefficient (Wildman–Crippen LogP) is 3.01. The van der Waals surface area contributed by atoms with E-state index in [-0.39, 0.29) is 5.69 Å². The van der Waals surface area contributed by atoms with Crippen molar-refractivity contribution in [2.45, 2.75) is 13.0 Å². The highest BCUT2D eigenvalue weighted by atomic mass is 16.6. The second kappa shape index (κ2) is 6.31. The maximum atomic E-state index is 10.7. The first kappa shape index (κ1) is 14.8. The van der Waals surface area contributed by atoms with E-state index in [2.05, 4.69) is 9.55 Å². The maximum Gasteiger partial charge on any atom is 0.269 e. The summed E-state index contributed by atoms with van der Waals surface area (Å²) >= 11 is 0. The number of non-ortho nitro benzene ring substituents is 1. The fraction of sp³-hybridized carbons (Fsp3) is 0.118. The molecule has 6 nitrogen and oxygen atoms in total. The minimum atomic E-state index is -0.398. The van der Waals surface area contributed by atoms with Crippen molar-refractivity contribution in [3.63, 3.8) is 0 Å². The van der Waals surface area contributed by atoms with Crippen molar-refractivity contribution >= 4 is 11.4 Å². The van der Waals surface area contributed by atoms with Crippen LogP contribution in [-0.2, 0) is 13.0 Å². The van der Waals surface area contributed by atoms with Crippen molar-refractivity contribution in [3.8, 4) is 0 Å². The van der Waals surface area contributed by atoms with E-state index in [0.717, 1.165) is 22.6 Å². The second-order valence-electron chi connectivity index (χ2n) is 5.32. The highest BCUT2D eigenvalue weighted by Gasteiger charge is 2.08. The molecule has 0 aliphatic carbocycles. The number of nitro benzene ring substituents is 1. The number of hydrogen-bond donors (Lipinski definition) is 1. The van der Waals surface area contributed by atoms with Crippen LogP contribution in [0, 0.1) is 10.1 Å². The van der Waals surface area contributed by atoms with Gasteiger partial charge in [-0.05, 0) is 23.3 Å². The van der Waals surface area contributed by atoms with Gasteiger partial charge >= 0.3 is 0 Å². The number of hydrogen-bond acceptors (Lipinski definition) is 4. The van der Waals surface area contributed by atoms with E-state index in [0.29, 0.717) is 13.0 Å². The lowest BCUT2D eigenvalue weighted by atomic mass is 10.1. The van der Waals surface area contributed by atoms with Crippen LogP contribution in [0.3, 0.4) is 0 Å². The lowest BCUT2D eigenvalue weighted by molar-refractivity contribution is -0.384. The van der Waals surface area contributed by atoms with E-state index >= 15 is 0 Å². The predicted molar refractivity (Wildman–Crippen MR) is 88.1 cm³/mol. The number of nitrogens with zero attached hydrogens (tertiary/aromatic N) is 3. The molecule has 0 aliphatic rings. The van der Waals surface area contributed by atoms with Gasteiger partial charge in [-0.1, -0.05) is 24.3 Å². The van der Waals surface area contributed by atoms with Crippen molar-refractivity contribution in [2.75, 3.05) is 5.73 Å². The summed E-state index contributed by atoms with van der Waals surface area (Å²) in [7, 11) is 0. The molecule has 1 aromatic heterocycles. The summed E-state index contributed by atoms with van der Waals surface area (Å²) in [5, 5.41) is 10.7. The molecule has 0 radical (unpaired) electrons. The normalized spacial score (nSPS) is 10.6. The van der Waals surface area contributed by atoms with Gasteiger partial charge in [0, 0.05) is 43.2 Å². The van der Waals surface area contributed by atoms with Crippen LogP contribution in [-0.4, -0.2) is 14.5 Å². The number of rotatable bonds is 5. The number of nitro groups is 1. The zero-order chi connectivity index (χ0) is 16.2. The molecule has 0 unspecified atom stereocenters. The summed E-state index contributed by atoms with van der Waals surface area (Å²) in [5.74, 6) is 0.904. The van der Waals surface area contributed by atoms with Gasteiger partial charge in [-0.25, -0.2) is 4.98 Å². The first-order valence-electron chi connectivity index (χ1n) is 7.19. The molecule has 0 saturated carbocycles. The Kier molecular flexibility index (Phi) is 4.05. The fourth-order valence-electron chi connectivity index (χ4n) is 2.46. The molecule has 0 spiro atoms. The first-order chi connectivity index (χ1) is 11.1. The zero-order valence-corrected chi connectivity index (χ0v) is 12.4. The molecule has 0 bridgehead atoms. The molecule has 1 heterocycles. The van der Waals surface area contributed by atoms with Gasteiger partial charge in [-0.15, -0.1) is 0 Å². The fourth-order valence-corrected chi connectivity index (χ4v) is 2.46. The van der Waals surface area contributed by atoms with E-state index in [1.165, 1.54) is 12.1 Å². The molecule has 0 saturated heterocycles. The molecular weight excluding hydrogens is 292 g/mol. The Labute approximate surface area is 133 Å². The topological polar surface area (TPSA) is 87.0 Å². The Hall–Kier alpha value is -3.15. The number of anilines is 1. The van der Waals surface area contributed by atoms with Gasteiger partial charge in [-0.3, -0.25) is 10.1 Å². The number of nitrogen functional groups attached to an aromatic ring is 1. The van der Waals surface area contributed by atoms with Crippen molar-refractivity contribution in [1.82, 2.24) is 9.55 Å². The van der Waals surface area contributed by atoms with E-state index in [4.69, 9.17) is 5.73 Å². The molecule has 0 fully saturated rings. The summed E-state index contributed by atoms with van der Waals surface area (Å²) in [6.07, 6.45) is 4.30. The molecule has 6 heteroatoms. The lowest BCUT2D eigenvalue weighted by Crippen LogP contribution is -2.05. The monoisotopic (exact) mass is 308 g/mol. The number of benzene rings is 2. The first-order valence-corrected chi connectivity index (χ1v) is 7.19. The van der Waals surface area contributed by atoms with Crippen LogP contribution < -0.4 is 5.73 Å². The minimum Gasteiger partial charge on any atom is -0.399 e. The second-order valence-corrected chi connectivity index (χ2v) is 5.32. The molecule has 2 N–H and O–H groups in total. The van der Waals surface area contributed by atoms with E-state index in [9.17, 15) is 10.1 Å². The Morgan fingerprint density at radius 2 is 1.91 bits per heavy atom. The number of aromatic nitrogens is 2. The maximum absolute atomic E-state index is 10.7. The smallest absolute Gasteiger partial charge is 0.269 e. The van der Waals surface area contributed by atoms with Crippen molar-refractivity contribution in [1.29, 1.82) is 0 Å². The summed E-state index contributed by atoms with van der Waals surface area (Å²) in [5.41, 5.74) is 8.72. The van der Waals surface area contributed by atoms with Crippen LogP contribution in [0.2, 0.25) is 0 Å². The Morgan fingerprint density at radius 1 is 1.13 bits per heavy atom. The Balaban J connectivity index is 1.77. The van der Waals surface area contributed by atoms with Crippen molar-refractivity contribution in [3.05, 3.63) is 88.0 Å². The average Bonchev–Trinajstić information content (AvgIpc) is 2.95. The molecule has 3 rings (SSSR count). The lowest BCUT2D eigenvalue weighted by Gasteiger charge is -2.09. The minimum absolute atomic E-state index is 0.0943. The van der Waals surface area contributed by atoms with Crippen molar-refractivity contribution in [2.24, 2.45) is 0 Å². The van der Waals surface area contributed by atoms with Gasteiger partial charge < -0.3 is 10.3 Å². The Bertz CT molecular complexity index is 825. The number of imidazole rings is 1. The molecule has 0 aliphatic heterocycles. The Morgan fingerprint density at radius 3 is 2.61 bits per heavy atom. The standard InChI is InChI=1S/C17H16N4O2/c18-15-3-1-2-14(10-15)12-20-9-8-19-17(20)11-13-4-6-16(7-5-13)21(22)23/h1-10H,11-12,18H2. The quantitative estimate of drug-likeness (QED) is 0.446. The van der Waals surface area contributed by atoms with Crippen LogP contribution in [0.25, 0.3) is 0 Å². The molecule has 2 aromatic carbocycles. The third-order valence-corrected chi connectivity index (χ3v) is 3.62. The number of nitrogens with two attached hydrogens (primary N) is 1. The van der Waals surface area contributed by atoms with Gasteiger partial charge in [0.1, 0.15) is 5.82 Å². The van der Waals surface area contributed by atoms with Gasteiger partial charge in [-0.2, -0.15) is 0 Å². The molecule has 0 atom stereocenters. The van der Waals surface area contributed by atoms with Crippen LogP contribution >= 0.6 is 0 Å². The summed E-state index contributed by atoms with van der Waals surface area (Å²) in [4.78, 5) is 14.7. The van der Waals surface area contributed by atoms with Crippen LogP contribution in [0.5, 0.6) is 0 Å². The van der Waals surface area contributed by atoms with Gasteiger partial charge in [0.15, 0.2) is 0 Å². The highest BCUT2D eigenvalue weighted by molar-refractivity contribution is 5.40. The molecule has 116 valence electrons. The van der Waals surface area contributed by atoms with Crippen LogP contribution in [0.4, 0.5) is 11.4 Å². The van der Waals surface area contributed by atoms with Gasteiger partial charge in [0.05, 0.1) is 4.92 Å². The molecule has 23 heavy (non-hydrogen) atoms. The summed E-state index contributed by atoms with van der Waals surface area (Å²) in [6.45, 7) is 0.688. The van der Waals surface area contributed by atoms with E-state index in [1.807, 2.05) is 30.5 Å². The SMILES string of the molecule is Nc1cccc(Cn2ccnc2Cc2ccc([N+](=O)[O-])cc2)c1.